The third kappa shape index (κ3) is 6.16. The molecule has 1 atom stereocenters. The van der Waals surface area contributed by atoms with Crippen LogP contribution in [0, 0.1) is 11.7 Å². The average Bonchev–Trinajstić information content (AvgIpc) is 2.77. The second-order valence-electron chi connectivity index (χ2n) is 8.41. The van der Waals surface area contributed by atoms with Gasteiger partial charge in [0.25, 0.3) is 0 Å². The number of ether oxygens (including phenoxy) is 1. The molecule has 2 N–H and O–H groups in total. The Balaban J connectivity index is 1.75. The van der Waals surface area contributed by atoms with Gasteiger partial charge in [-0.3, -0.25) is 4.79 Å². The number of thiocarbonyl (C=S) groups is 1. The number of hydrogen-bond acceptors (Lipinski definition) is 4. The molecular formula is C25H28FN3O3S. The number of amides is 1. The van der Waals surface area contributed by atoms with Gasteiger partial charge in [0, 0.05) is 18.4 Å². The fraction of sp³-hybridized carbons (Fsp3) is 0.320. The highest BCUT2D eigenvalue weighted by molar-refractivity contribution is 7.80. The van der Waals surface area contributed by atoms with Gasteiger partial charge < -0.3 is 20.3 Å². The molecule has 0 saturated carbocycles. The van der Waals surface area contributed by atoms with Crippen LogP contribution in [0.25, 0.3) is 0 Å². The number of nitrogens with zero attached hydrogens (tertiary/aromatic N) is 1. The smallest absolute Gasteiger partial charge is 0.338 e. The van der Waals surface area contributed by atoms with Crippen molar-refractivity contribution in [2.75, 3.05) is 19.0 Å². The van der Waals surface area contributed by atoms with E-state index in [1.54, 1.807) is 36.2 Å². The maximum Gasteiger partial charge on any atom is 0.338 e. The zero-order valence-electron chi connectivity index (χ0n) is 19.1. The van der Waals surface area contributed by atoms with Crippen LogP contribution in [0.4, 0.5) is 10.1 Å². The Morgan fingerprint density at radius 2 is 1.79 bits per heavy atom. The first kappa shape index (κ1) is 24.4. The van der Waals surface area contributed by atoms with Gasteiger partial charge in [0.1, 0.15) is 5.82 Å². The minimum absolute atomic E-state index is 0.139. The second-order valence-corrected chi connectivity index (χ2v) is 8.79. The molecule has 33 heavy (non-hydrogen) atoms. The largest absolute Gasteiger partial charge is 0.462 e. The predicted octanol–water partition coefficient (Wildman–Crippen LogP) is 4.34. The summed E-state index contributed by atoms with van der Waals surface area (Å²) in [5.41, 5.74) is 3.39. The summed E-state index contributed by atoms with van der Waals surface area (Å²) in [5.74, 6) is -0.707. The van der Waals surface area contributed by atoms with Gasteiger partial charge in [-0.05, 0) is 60.5 Å². The first-order chi connectivity index (χ1) is 15.7. The number of benzene rings is 2. The molecule has 1 unspecified atom stereocenters. The molecule has 0 spiro atoms. The first-order valence-corrected chi connectivity index (χ1v) is 11.1. The molecular weight excluding hydrogens is 441 g/mol. The van der Waals surface area contributed by atoms with E-state index in [-0.39, 0.29) is 30.0 Å². The monoisotopic (exact) mass is 469 g/mol. The summed E-state index contributed by atoms with van der Waals surface area (Å²) in [6, 6.07) is 12.6. The van der Waals surface area contributed by atoms with E-state index in [0.29, 0.717) is 23.0 Å². The van der Waals surface area contributed by atoms with E-state index in [1.165, 1.54) is 12.1 Å². The first-order valence-electron chi connectivity index (χ1n) is 10.7. The number of nitrogens with one attached hydrogen (secondary N) is 2. The number of rotatable bonds is 7. The van der Waals surface area contributed by atoms with Crippen molar-refractivity contribution in [1.29, 1.82) is 0 Å². The predicted molar refractivity (Wildman–Crippen MR) is 130 cm³/mol. The normalized spacial score (nSPS) is 16.0. The molecule has 8 heteroatoms. The van der Waals surface area contributed by atoms with Gasteiger partial charge in [-0.25, -0.2) is 9.18 Å². The van der Waals surface area contributed by atoms with Crippen LogP contribution in [-0.4, -0.2) is 35.5 Å². The Labute approximate surface area is 198 Å². The molecule has 3 rings (SSSR count). The van der Waals surface area contributed by atoms with Crippen LogP contribution in [0.2, 0.25) is 0 Å². The Morgan fingerprint density at radius 3 is 2.39 bits per heavy atom. The Morgan fingerprint density at radius 1 is 1.15 bits per heavy atom. The standard InChI is InChI=1S/C25H28FN3O3S/c1-15(2)14-32-24(31)22-16(3)29(4)25(33)28-23(22)18-7-11-20(12-8-18)27-21(30)13-17-5-9-19(26)10-6-17/h5-12,15,23H,13-14H2,1-4H3,(H,27,30)(H,28,33). The SMILES string of the molecule is CC1=C(C(=O)OCC(C)C)C(c2ccc(NC(=O)Cc3ccc(F)cc3)cc2)NC(=S)N1C. The molecule has 0 aliphatic carbocycles. The molecule has 0 saturated heterocycles. The van der Waals surface area contributed by atoms with Gasteiger partial charge in [0.05, 0.1) is 24.6 Å². The molecule has 2 aromatic carbocycles. The number of carbonyl (C=O) groups excluding carboxylic acids is 2. The van der Waals surface area contributed by atoms with Crippen molar-refractivity contribution in [3.63, 3.8) is 0 Å². The van der Waals surface area contributed by atoms with Crippen LogP contribution < -0.4 is 10.6 Å². The van der Waals surface area contributed by atoms with Crippen molar-refractivity contribution in [3.8, 4) is 0 Å². The highest BCUT2D eigenvalue weighted by Gasteiger charge is 2.33. The van der Waals surface area contributed by atoms with Gasteiger partial charge in [0.2, 0.25) is 5.91 Å². The van der Waals surface area contributed by atoms with Crippen LogP contribution in [0.1, 0.15) is 37.9 Å². The molecule has 2 aromatic rings. The zero-order valence-corrected chi connectivity index (χ0v) is 20.0. The number of hydrogen-bond donors (Lipinski definition) is 2. The summed E-state index contributed by atoms with van der Waals surface area (Å²) in [5, 5.41) is 6.55. The molecule has 0 aromatic heterocycles. The second kappa shape index (κ2) is 10.6. The van der Waals surface area contributed by atoms with E-state index in [0.717, 1.165) is 16.8 Å². The number of esters is 1. The Bertz CT molecular complexity index is 1070. The summed E-state index contributed by atoms with van der Waals surface area (Å²) in [7, 11) is 1.80. The van der Waals surface area contributed by atoms with Crippen molar-refractivity contribution in [3.05, 3.63) is 76.7 Å². The van der Waals surface area contributed by atoms with E-state index in [2.05, 4.69) is 10.6 Å². The molecule has 174 valence electrons. The van der Waals surface area contributed by atoms with Crippen LogP contribution >= 0.6 is 12.2 Å². The minimum Gasteiger partial charge on any atom is -0.462 e. The van der Waals surface area contributed by atoms with Crippen molar-refractivity contribution in [1.82, 2.24) is 10.2 Å². The summed E-state index contributed by atoms with van der Waals surface area (Å²) >= 11 is 5.43. The molecule has 1 aliphatic rings. The van der Waals surface area contributed by atoms with E-state index in [4.69, 9.17) is 17.0 Å². The molecule has 6 nitrogen and oxygen atoms in total. The highest BCUT2D eigenvalue weighted by atomic mass is 32.1. The summed E-state index contributed by atoms with van der Waals surface area (Å²) < 4.78 is 18.5. The average molecular weight is 470 g/mol. The Hall–Kier alpha value is -3.26. The lowest BCUT2D eigenvalue weighted by atomic mass is 9.95. The van der Waals surface area contributed by atoms with Crippen LogP contribution in [0.15, 0.2) is 59.8 Å². The van der Waals surface area contributed by atoms with E-state index >= 15 is 0 Å². The molecule has 1 amide bonds. The molecule has 0 fully saturated rings. The maximum atomic E-state index is 13.0. The summed E-state index contributed by atoms with van der Waals surface area (Å²) in [6.07, 6.45) is 0.139. The third-order valence-corrected chi connectivity index (χ3v) is 5.72. The molecule has 0 radical (unpaired) electrons. The molecule has 0 bridgehead atoms. The van der Waals surface area contributed by atoms with Gasteiger partial charge in [-0.2, -0.15) is 0 Å². The van der Waals surface area contributed by atoms with Gasteiger partial charge in [-0.15, -0.1) is 0 Å². The third-order valence-electron chi connectivity index (χ3n) is 5.33. The molecule has 1 aliphatic heterocycles. The number of anilines is 1. The van der Waals surface area contributed by atoms with Crippen LogP contribution in [0.3, 0.4) is 0 Å². The van der Waals surface area contributed by atoms with Gasteiger partial charge >= 0.3 is 5.97 Å². The lowest BCUT2D eigenvalue weighted by Gasteiger charge is -2.35. The topological polar surface area (TPSA) is 70.7 Å². The summed E-state index contributed by atoms with van der Waals surface area (Å²) in [4.78, 5) is 27.0. The quantitative estimate of drug-likeness (QED) is 0.464. The lowest BCUT2D eigenvalue weighted by Crippen LogP contribution is -2.46. The van der Waals surface area contributed by atoms with E-state index in [9.17, 15) is 14.0 Å². The van der Waals surface area contributed by atoms with E-state index < -0.39 is 6.04 Å². The highest BCUT2D eigenvalue weighted by Crippen LogP contribution is 2.31. The van der Waals surface area contributed by atoms with Crippen molar-refractivity contribution >= 4 is 34.9 Å². The fourth-order valence-electron chi connectivity index (χ4n) is 3.42. The van der Waals surface area contributed by atoms with Crippen molar-refractivity contribution < 1.29 is 18.7 Å². The van der Waals surface area contributed by atoms with E-state index in [1.807, 2.05) is 32.9 Å². The lowest BCUT2D eigenvalue weighted by molar-refractivity contribution is -0.140. The minimum atomic E-state index is -0.461. The number of carbonyl (C=O) groups is 2. The number of halogens is 1. The van der Waals surface area contributed by atoms with Crippen molar-refractivity contribution in [2.24, 2.45) is 5.92 Å². The van der Waals surface area contributed by atoms with Gasteiger partial charge in [0.15, 0.2) is 5.11 Å². The van der Waals surface area contributed by atoms with Crippen LogP contribution in [0.5, 0.6) is 0 Å². The zero-order chi connectivity index (χ0) is 24.1. The van der Waals surface area contributed by atoms with Crippen LogP contribution in [-0.2, 0) is 20.7 Å². The number of allylic oxidation sites excluding steroid dienone is 1. The summed E-state index contributed by atoms with van der Waals surface area (Å²) in [6.45, 7) is 6.14. The Kier molecular flexibility index (Phi) is 7.81. The van der Waals surface area contributed by atoms with Crippen molar-refractivity contribution in [2.45, 2.75) is 33.2 Å². The van der Waals surface area contributed by atoms with Gasteiger partial charge in [-0.1, -0.05) is 38.1 Å². The molecule has 1 heterocycles. The fourth-order valence-corrected chi connectivity index (χ4v) is 3.68. The maximum absolute atomic E-state index is 13.0.